The van der Waals surface area contributed by atoms with E-state index in [4.69, 9.17) is 0 Å². The molecule has 2 bridgehead atoms. The van der Waals surface area contributed by atoms with Crippen molar-refractivity contribution in [1.82, 2.24) is 0 Å². The highest BCUT2D eigenvalue weighted by atomic mass is 16.5. The number of fused-ring (bicyclic) bond motifs is 5. The largest absolute Gasteiger partial charge is 0.469 e. The number of carbonyl (C=O) groups excluding carboxylic acids is 1. The lowest BCUT2D eigenvalue weighted by Gasteiger charge is -2.23. The molecular formula is C19H36O2. The lowest BCUT2D eigenvalue weighted by molar-refractivity contribution is -0.150. The summed E-state index contributed by atoms with van der Waals surface area (Å²) in [4.78, 5) is 10.8. The van der Waals surface area contributed by atoms with Crippen molar-refractivity contribution in [3.63, 3.8) is 0 Å². The third-order valence-electron chi connectivity index (χ3n) is 5.97. The van der Waals surface area contributed by atoms with E-state index in [1.54, 1.807) is 38.5 Å². The summed E-state index contributed by atoms with van der Waals surface area (Å²) in [5.74, 6) is 4.66. The van der Waals surface area contributed by atoms with Crippen molar-refractivity contribution in [2.75, 3.05) is 7.11 Å². The fourth-order valence-corrected chi connectivity index (χ4v) is 4.44. The smallest absolute Gasteiger partial charge is 0.311 e. The molecule has 3 aliphatic carbocycles. The molecule has 21 heavy (non-hydrogen) atoms. The van der Waals surface area contributed by atoms with Crippen molar-refractivity contribution < 1.29 is 9.53 Å². The van der Waals surface area contributed by atoms with Crippen molar-refractivity contribution in [2.24, 2.45) is 29.1 Å². The second kappa shape index (κ2) is 8.19. The minimum absolute atomic E-state index is 0.134. The van der Waals surface area contributed by atoms with Crippen LogP contribution in [0.1, 0.15) is 79.6 Å². The average Bonchev–Trinajstić information content (AvgIpc) is 3.22. The molecule has 0 N–H and O–H groups in total. The summed E-state index contributed by atoms with van der Waals surface area (Å²) in [5.41, 5.74) is -0.311. The molecule has 4 atom stereocenters. The van der Waals surface area contributed by atoms with Crippen molar-refractivity contribution in [1.29, 1.82) is 0 Å². The van der Waals surface area contributed by atoms with Crippen LogP contribution in [0.25, 0.3) is 0 Å². The maximum Gasteiger partial charge on any atom is 0.311 e. The lowest BCUT2D eigenvalue weighted by Crippen LogP contribution is -2.24. The first-order chi connectivity index (χ1) is 9.99. The number of methoxy groups -OCH3 is 1. The number of rotatable bonds is 2. The summed E-state index contributed by atoms with van der Waals surface area (Å²) >= 11 is 0. The lowest BCUT2D eigenvalue weighted by atomic mass is 9.82. The molecule has 0 saturated heterocycles. The van der Waals surface area contributed by atoms with Gasteiger partial charge in [0.15, 0.2) is 0 Å². The van der Waals surface area contributed by atoms with Gasteiger partial charge >= 0.3 is 5.97 Å². The summed E-state index contributed by atoms with van der Waals surface area (Å²) in [7, 11) is 1.42. The Kier molecular flexibility index (Phi) is 7.23. The molecule has 124 valence electrons. The fourth-order valence-electron chi connectivity index (χ4n) is 4.44. The number of hydrogen-bond donors (Lipinski definition) is 0. The maximum atomic E-state index is 10.8. The minimum Gasteiger partial charge on any atom is -0.469 e. The van der Waals surface area contributed by atoms with Crippen LogP contribution in [0, 0.1) is 29.1 Å². The molecule has 2 heteroatoms. The number of esters is 1. The average molecular weight is 296 g/mol. The van der Waals surface area contributed by atoms with Gasteiger partial charge in [-0.3, -0.25) is 4.79 Å². The van der Waals surface area contributed by atoms with Gasteiger partial charge < -0.3 is 4.74 Å². The van der Waals surface area contributed by atoms with Gasteiger partial charge in [-0.2, -0.15) is 0 Å². The second-order valence-corrected chi connectivity index (χ2v) is 7.32. The zero-order valence-electron chi connectivity index (χ0n) is 15.1. The van der Waals surface area contributed by atoms with Crippen molar-refractivity contribution in [2.45, 2.75) is 79.6 Å². The van der Waals surface area contributed by atoms with E-state index in [9.17, 15) is 4.79 Å². The van der Waals surface area contributed by atoms with E-state index in [0.29, 0.717) is 0 Å². The Morgan fingerprint density at radius 1 is 1.05 bits per heavy atom. The van der Waals surface area contributed by atoms with Gasteiger partial charge in [0.1, 0.15) is 0 Å². The van der Waals surface area contributed by atoms with Gasteiger partial charge in [-0.1, -0.05) is 27.2 Å². The first kappa shape index (κ1) is 18.5. The van der Waals surface area contributed by atoms with E-state index in [-0.39, 0.29) is 11.4 Å². The summed E-state index contributed by atoms with van der Waals surface area (Å²) < 4.78 is 4.57. The first-order valence-corrected chi connectivity index (χ1v) is 9.08. The zero-order chi connectivity index (χ0) is 16.0. The highest BCUT2D eigenvalue weighted by molar-refractivity contribution is 5.75. The van der Waals surface area contributed by atoms with E-state index in [1.807, 2.05) is 34.6 Å². The predicted octanol–water partition coefficient (Wildman–Crippen LogP) is 5.45. The molecule has 3 rings (SSSR count). The molecule has 4 unspecified atom stereocenters. The van der Waals surface area contributed by atoms with Gasteiger partial charge in [0.05, 0.1) is 12.5 Å². The topological polar surface area (TPSA) is 26.3 Å². The standard InChI is InChI=1S/C10H16.C7H14O2.C2H6/c1-2-9-7-4-5-8(6-7)10(9)3-1;1-5-7(2,3)6(8)9-4;1-2/h7-10H,1-6H2;5H2,1-4H3;1-2H3. The van der Waals surface area contributed by atoms with E-state index in [2.05, 4.69) is 4.74 Å². The van der Waals surface area contributed by atoms with E-state index in [1.165, 1.54) is 30.8 Å². The normalized spacial score (nSPS) is 32.5. The number of hydrogen-bond acceptors (Lipinski definition) is 2. The van der Waals surface area contributed by atoms with E-state index < -0.39 is 0 Å². The Labute approximate surface area is 132 Å². The molecule has 0 aromatic heterocycles. The van der Waals surface area contributed by atoms with Crippen molar-refractivity contribution >= 4 is 5.97 Å². The molecule has 2 nitrogen and oxygen atoms in total. The van der Waals surface area contributed by atoms with Crippen molar-refractivity contribution in [3.8, 4) is 0 Å². The number of ether oxygens (including phenoxy) is 1. The van der Waals surface area contributed by atoms with Crippen LogP contribution in [-0.4, -0.2) is 13.1 Å². The predicted molar refractivity (Wildman–Crippen MR) is 89.1 cm³/mol. The van der Waals surface area contributed by atoms with Gasteiger partial charge in [0.2, 0.25) is 0 Å². The maximum absolute atomic E-state index is 10.8. The SMILES string of the molecule is C1CC2C3CCC(C3)C2C1.CC.CCC(C)(C)C(=O)OC. The van der Waals surface area contributed by atoms with E-state index in [0.717, 1.165) is 6.42 Å². The van der Waals surface area contributed by atoms with Crippen molar-refractivity contribution in [3.05, 3.63) is 0 Å². The monoisotopic (exact) mass is 296 g/mol. The van der Waals surface area contributed by atoms with Crippen LogP contribution in [0.4, 0.5) is 0 Å². The van der Waals surface area contributed by atoms with Crippen LogP contribution in [0.15, 0.2) is 0 Å². The zero-order valence-corrected chi connectivity index (χ0v) is 15.1. The summed E-state index contributed by atoms with van der Waals surface area (Å²) in [6.07, 6.45) is 10.4. The highest BCUT2D eigenvalue weighted by Crippen LogP contribution is 2.58. The number of carbonyl (C=O) groups is 1. The van der Waals surface area contributed by atoms with Gasteiger partial charge in [-0.25, -0.2) is 0 Å². The molecule has 3 fully saturated rings. The molecule has 0 aromatic rings. The quantitative estimate of drug-likeness (QED) is 0.633. The van der Waals surface area contributed by atoms with Crippen LogP contribution < -0.4 is 0 Å². The Hall–Kier alpha value is -0.530. The first-order valence-electron chi connectivity index (χ1n) is 9.08. The summed E-state index contributed by atoms with van der Waals surface area (Å²) in [5, 5.41) is 0. The molecular weight excluding hydrogens is 260 g/mol. The summed E-state index contributed by atoms with van der Waals surface area (Å²) in [6, 6.07) is 0. The molecule has 3 aliphatic rings. The fraction of sp³-hybridized carbons (Fsp3) is 0.947. The molecule has 3 saturated carbocycles. The third-order valence-corrected chi connectivity index (χ3v) is 5.97. The Morgan fingerprint density at radius 2 is 1.52 bits per heavy atom. The highest BCUT2D eigenvalue weighted by Gasteiger charge is 2.48. The van der Waals surface area contributed by atoms with Gasteiger partial charge in [-0.15, -0.1) is 0 Å². The Morgan fingerprint density at radius 3 is 1.86 bits per heavy atom. The van der Waals surface area contributed by atoms with Crippen LogP contribution in [0.2, 0.25) is 0 Å². The van der Waals surface area contributed by atoms with Crippen LogP contribution in [0.3, 0.4) is 0 Å². The Balaban J connectivity index is 0.000000190. The molecule has 0 aromatic carbocycles. The van der Waals surface area contributed by atoms with Gasteiger partial charge in [0.25, 0.3) is 0 Å². The van der Waals surface area contributed by atoms with Gasteiger partial charge in [0, 0.05) is 0 Å². The molecule has 0 heterocycles. The molecule has 0 radical (unpaired) electrons. The summed E-state index contributed by atoms with van der Waals surface area (Å²) in [6.45, 7) is 9.72. The Bertz CT molecular complexity index is 306. The van der Waals surface area contributed by atoms with Crippen LogP contribution in [0.5, 0.6) is 0 Å². The molecule has 0 amide bonds. The van der Waals surface area contributed by atoms with E-state index >= 15 is 0 Å². The molecule has 0 aliphatic heterocycles. The minimum atomic E-state index is -0.311. The van der Waals surface area contributed by atoms with Crippen LogP contribution >= 0.6 is 0 Å². The second-order valence-electron chi connectivity index (χ2n) is 7.32. The van der Waals surface area contributed by atoms with Crippen LogP contribution in [-0.2, 0) is 9.53 Å². The van der Waals surface area contributed by atoms with Gasteiger partial charge in [-0.05, 0) is 76.0 Å². The third kappa shape index (κ3) is 4.23. The molecule has 0 spiro atoms.